The van der Waals surface area contributed by atoms with E-state index in [0.29, 0.717) is 17.9 Å². The fraction of sp³-hybridized carbons (Fsp3) is 0.286. The number of anilines is 1. The zero-order chi connectivity index (χ0) is 14.5. The maximum Gasteiger partial charge on any atom is 0.251 e. The first-order valence-electron chi connectivity index (χ1n) is 6.36. The van der Waals surface area contributed by atoms with E-state index < -0.39 is 0 Å². The molecule has 4 nitrogen and oxygen atoms in total. The van der Waals surface area contributed by atoms with Crippen molar-refractivity contribution in [3.8, 4) is 0 Å². The summed E-state index contributed by atoms with van der Waals surface area (Å²) in [6.07, 6.45) is 1.79. The van der Waals surface area contributed by atoms with Crippen LogP contribution in [0.1, 0.15) is 34.3 Å². The van der Waals surface area contributed by atoms with Crippen LogP contribution in [0, 0.1) is 0 Å². The zero-order valence-corrected chi connectivity index (χ0v) is 13.6. The molecule has 0 atom stereocenters. The standard InChI is InChI=1S/C14H16BrN3OS/c1-2-3-10-6-9(7-13(16)18-10)14(19)17-8-12-11(15)4-5-20-12/h4-7H,2-3,8H2,1H3,(H2,16,18)(H,17,19). The second kappa shape index (κ2) is 6.85. The highest BCUT2D eigenvalue weighted by atomic mass is 79.9. The minimum absolute atomic E-state index is 0.128. The Kier molecular flexibility index (Phi) is 5.14. The second-order valence-electron chi connectivity index (χ2n) is 4.40. The number of nitrogens with zero attached hydrogens (tertiary/aromatic N) is 1. The number of pyridine rings is 1. The quantitative estimate of drug-likeness (QED) is 0.865. The van der Waals surface area contributed by atoms with Crippen molar-refractivity contribution in [1.82, 2.24) is 10.3 Å². The summed E-state index contributed by atoms with van der Waals surface area (Å²) in [5, 5.41) is 4.88. The average molecular weight is 354 g/mol. The molecule has 0 aromatic carbocycles. The van der Waals surface area contributed by atoms with Gasteiger partial charge in [-0.25, -0.2) is 4.98 Å². The summed E-state index contributed by atoms with van der Waals surface area (Å²) in [6, 6.07) is 5.38. The van der Waals surface area contributed by atoms with Crippen molar-refractivity contribution in [2.45, 2.75) is 26.3 Å². The topological polar surface area (TPSA) is 68.0 Å². The molecule has 0 aliphatic rings. The summed E-state index contributed by atoms with van der Waals surface area (Å²) in [4.78, 5) is 17.5. The number of rotatable bonds is 5. The molecular formula is C14H16BrN3OS. The molecule has 106 valence electrons. The molecule has 0 saturated carbocycles. The van der Waals surface area contributed by atoms with Gasteiger partial charge in [-0.05, 0) is 45.9 Å². The van der Waals surface area contributed by atoms with Gasteiger partial charge in [0.25, 0.3) is 5.91 Å². The number of nitrogens with one attached hydrogen (secondary N) is 1. The molecule has 2 rings (SSSR count). The lowest BCUT2D eigenvalue weighted by atomic mass is 10.1. The molecule has 3 N–H and O–H groups in total. The Balaban J connectivity index is 2.07. The molecule has 0 aliphatic heterocycles. The number of carbonyl (C=O) groups excluding carboxylic acids is 1. The summed E-state index contributed by atoms with van der Waals surface area (Å²) >= 11 is 5.05. The van der Waals surface area contributed by atoms with Crippen LogP contribution in [0.5, 0.6) is 0 Å². The maximum absolute atomic E-state index is 12.2. The van der Waals surface area contributed by atoms with E-state index in [1.165, 1.54) is 0 Å². The van der Waals surface area contributed by atoms with Crippen LogP contribution in [0.25, 0.3) is 0 Å². The third kappa shape index (κ3) is 3.80. The molecule has 0 bridgehead atoms. The van der Waals surface area contributed by atoms with E-state index in [0.717, 1.165) is 27.9 Å². The lowest BCUT2D eigenvalue weighted by molar-refractivity contribution is 0.0951. The van der Waals surface area contributed by atoms with Crippen molar-refractivity contribution in [1.29, 1.82) is 0 Å². The molecule has 1 amide bonds. The van der Waals surface area contributed by atoms with Crippen molar-refractivity contribution in [2.75, 3.05) is 5.73 Å². The van der Waals surface area contributed by atoms with Gasteiger partial charge in [-0.3, -0.25) is 4.79 Å². The lowest BCUT2D eigenvalue weighted by Gasteiger charge is -2.07. The minimum atomic E-state index is -0.128. The van der Waals surface area contributed by atoms with Crippen LogP contribution in [-0.4, -0.2) is 10.9 Å². The van der Waals surface area contributed by atoms with Crippen molar-refractivity contribution < 1.29 is 4.79 Å². The highest BCUT2D eigenvalue weighted by molar-refractivity contribution is 9.10. The third-order valence-corrected chi connectivity index (χ3v) is 4.69. The number of nitrogens with two attached hydrogens (primary N) is 1. The monoisotopic (exact) mass is 353 g/mol. The van der Waals surface area contributed by atoms with Gasteiger partial charge in [0.2, 0.25) is 0 Å². The van der Waals surface area contributed by atoms with Gasteiger partial charge in [-0.15, -0.1) is 11.3 Å². The molecular weight excluding hydrogens is 338 g/mol. The molecule has 0 fully saturated rings. The van der Waals surface area contributed by atoms with Gasteiger partial charge < -0.3 is 11.1 Å². The van der Waals surface area contributed by atoms with E-state index in [1.807, 2.05) is 11.4 Å². The Morgan fingerprint density at radius 2 is 2.30 bits per heavy atom. The molecule has 20 heavy (non-hydrogen) atoms. The van der Waals surface area contributed by atoms with E-state index in [4.69, 9.17) is 5.73 Å². The molecule has 2 aromatic rings. The van der Waals surface area contributed by atoms with Crippen LogP contribution in [0.3, 0.4) is 0 Å². The SMILES string of the molecule is CCCc1cc(C(=O)NCc2sccc2Br)cc(N)n1. The molecule has 0 unspecified atom stereocenters. The number of hydrogen-bond acceptors (Lipinski definition) is 4. The molecule has 0 aliphatic carbocycles. The Morgan fingerprint density at radius 3 is 2.95 bits per heavy atom. The van der Waals surface area contributed by atoms with Crippen LogP contribution < -0.4 is 11.1 Å². The van der Waals surface area contributed by atoms with Crippen molar-refractivity contribution in [3.63, 3.8) is 0 Å². The molecule has 6 heteroatoms. The number of nitrogen functional groups attached to an aromatic ring is 1. The second-order valence-corrected chi connectivity index (χ2v) is 6.25. The van der Waals surface area contributed by atoms with E-state index in [-0.39, 0.29) is 5.91 Å². The van der Waals surface area contributed by atoms with Gasteiger partial charge in [0.15, 0.2) is 0 Å². The molecule has 0 spiro atoms. The average Bonchev–Trinajstić information content (AvgIpc) is 2.81. The Morgan fingerprint density at radius 1 is 1.50 bits per heavy atom. The number of thiophene rings is 1. The first kappa shape index (κ1) is 15.0. The predicted molar refractivity (Wildman–Crippen MR) is 85.8 cm³/mol. The number of aromatic nitrogens is 1. The highest BCUT2D eigenvalue weighted by Gasteiger charge is 2.10. The van der Waals surface area contributed by atoms with Crippen LogP contribution >= 0.6 is 27.3 Å². The van der Waals surface area contributed by atoms with Crippen LogP contribution in [0.15, 0.2) is 28.1 Å². The third-order valence-electron chi connectivity index (χ3n) is 2.77. The summed E-state index contributed by atoms with van der Waals surface area (Å²) in [6.45, 7) is 2.57. The van der Waals surface area contributed by atoms with Crippen molar-refractivity contribution in [3.05, 3.63) is 44.2 Å². The first-order chi connectivity index (χ1) is 9.60. The normalized spacial score (nSPS) is 10.5. The number of amides is 1. The lowest BCUT2D eigenvalue weighted by Crippen LogP contribution is -2.23. The Bertz CT molecular complexity index is 612. The van der Waals surface area contributed by atoms with Gasteiger partial charge in [0.1, 0.15) is 5.82 Å². The van der Waals surface area contributed by atoms with E-state index >= 15 is 0 Å². The largest absolute Gasteiger partial charge is 0.384 e. The number of carbonyl (C=O) groups is 1. The van der Waals surface area contributed by atoms with Gasteiger partial charge >= 0.3 is 0 Å². The van der Waals surface area contributed by atoms with Gasteiger partial charge in [-0.1, -0.05) is 13.3 Å². The van der Waals surface area contributed by atoms with E-state index in [1.54, 1.807) is 23.5 Å². The summed E-state index contributed by atoms with van der Waals surface area (Å²) in [5.41, 5.74) is 7.17. The van der Waals surface area contributed by atoms with Gasteiger partial charge in [-0.2, -0.15) is 0 Å². The predicted octanol–water partition coefficient (Wildman–Crippen LogP) is 3.37. The Labute approximate surface area is 130 Å². The first-order valence-corrected chi connectivity index (χ1v) is 8.04. The van der Waals surface area contributed by atoms with Crippen LogP contribution in [0.4, 0.5) is 5.82 Å². The maximum atomic E-state index is 12.2. The summed E-state index contributed by atoms with van der Waals surface area (Å²) in [5.74, 6) is 0.259. The van der Waals surface area contributed by atoms with Crippen molar-refractivity contribution in [2.24, 2.45) is 0 Å². The van der Waals surface area contributed by atoms with Gasteiger partial charge in [0.05, 0.1) is 6.54 Å². The smallest absolute Gasteiger partial charge is 0.251 e. The van der Waals surface area contributed by atoms with Crippen molar-refractivity contribution >= 4 is 39.0 Å². The number of aryl methyl sites for hydroxylation is 1. The molecule has 2 aromatic heterocycles. The van der Waals surface area contributed by atoms with E-state index in [2.05, 4.69) is 33.2 Å². The van der Waals surface area contributed by atoms with E-state index in [9.17, 15) is 4.79 Å². The number of hydrogen-bond donors (Lipinski definition) is 2. The fourth-order valence-electron chi connectivity index (χ4n) is 1.84. The van der Waals surface area contributed by atoms with Crippen LogP contribution in [-0.2, 0) is 13.0 Å². The minimum Gasteiger partial charge on any atom is -0.384 e. The number of halogens is 1. The fourth-order valence-corrected chi connectivity index (χ4v) is 3.27. The highest BCUT2D eigenvalue weighted by Crippen LogP contribution is 2.22. The molecule has 0 saturated heterocycles. The summed E-state index contributed by atoms with van der Waals surface area (Å²) < 4.78 is 1.02. The Hall–Kier alpha value is -1.40. The van der Waals surface area contributed by atoms with Gasteiger partial charge in [0, 0.05) is 20.6 Å². The molecule has 2 heterocycles. The molecule has 0 radical (unpaired) electrons. The summed E-state index contributed by atoms with van der Waals surface area (Å²) in [7, 11) is 0. The zero-order valence-electron chi connectivity index (χ0n) is 11.1. The van der Waals surface area contributed by atoms with Crippen LogP contribution in [0.2, 0.25) is 0 Å².